The zero-order valence-electron chi connectivity index (χ0n) is 8.10. The molecule has 4 unspecified atom stereocenters. The third kappa shape index (κ3) is 2.04. The summed E-state index contributed by atoms with van der Waals surface area (Å²) in [5.74, 6) is -0.111. The highest BCUT2D eigenvalue weighted by Gasteiger charge is 2.37. The third-order valence-corrected chi connectivity index (χ3v) is 4.03. The first-order valence-electron chi connectivity index (χ1n) is 4.92. The molecule has 14 heavy (non-hydrogen) atoms. The molecule has 0 aliphatic carbocycles. The number of rotatable bonds is 2. The summed E-state index contributed by atoms with van der Waals surface area (Å²) in [5.41, 5.74) is 0. The summed E-state index contributed by atoms with van der Waals surface area (Å²) in [6.07, 6.45) is 2.64. The lowest BCUT2D eigenvalue weighted by Gasteiger charge is -2.18. The second-order valence-electron chi connectivity index (χ2n) is 3.87. The second-order valence-corrected chi connectivity index (χ2v) is 5.05. The molecule has 0 aromatic carbocycles. The molecule has 2 fully saturated rings. The zero-order valence-corrected chi connectivity index (χ0v) is 8.92. The van der Waals surface area contributed by atoms with Crippen LogP contribution in [0.15, 0.2) is 0 Å². The van der Waals surface area contributed by atoms with Crippen molar-refractivity contribution in [3.8, 4) is 0 Å². The van der Waals surface area contributed by atoms with Crippen LogP contribution in [0.2, 0.25) is 0 Å². The Morgan fingerprint density at radius 1 is 1.57 bits per heavy atom. The molecule has 5 heteroatoms. The average molecular weight is 217 g/mol. The molecule has 0 amide bonds. The minimum atomic E-state index is -0.758. The molecule has 0 spiro atoms. The van der Waals surface area contributed by atoms with Crippen LogP contribution in [0, 0.1) is 0 Å². The second kappa shape index (κ2) is 4.08. The van der Waals surface area contributed by atoms with Crippen LogP contribution < -0.4 is 5.32 Å². The number of ether oxygens (including phenoxy) is 1. The molecule has 0 aromatic rings. The molecular formula is C9H15NO3S. The Morgan fingerprint density at radius 2 is 2.36 bits per heavy atom. The highest BCUT2D eigenvalue weighted by Crippen LogP contribution is 2.30. The summed E-state index contributed by atoms with van der Waals surface area (Å²) < 4.78 is 5.70. The molecule has 4 nitrogen and oxygen atoms in total. The standard InChI is InChI=1S/C9H15NO3S/c1-5-2-3-7(13-5)8-10-6(4-14-8)9(11)12/h5-8,10H,2-4H2,1H3,(H,11,12). The van der Waals surface area contributed by atoms with Crippen LogP contribution in [0.4, 0.5) is 0 Å². The number of hydrogen-bond donors (Lipinski definition) is 2. The van der Waals surface area contributed by atoms with Crippen molar-refractivity contribution in [1.82, 2.24) is 5.32 Å². The fraction of sp³-hybridized carbons (Fsp3) is 0.889. The summed E-state index contributed by atoms with van der Waals surface area (Å²) in [6.45, 7) is 2.06. The van der Waals surface area contributed by atoms with Gasteiger partial charge in [-0.15, -0.1) is 11.8 Å². The maximum atomic E-state index is 10.7. The quantitative estimate of drug-likeness (QED) is 0.712. The summed E-state index contributed by atoms with van der Waals surface area (Å²) in [4.78, 5) is 10.7. The first kappa shape index (κ1) is 10.3. The molecule has 0 bridgehead atoms. The molecule has 2 aliphatic rings. The van der Waals surface area contributed by atoms with E-state index < -0.39 is 12.0 Å². The molecule has 0 radical (unpaired) electrons. The predicted molar refractivity (Wildman–Crippen MR) is 54.4 cm³/mol. The van der Waals surface area contributed by atoms with Gasteiger partial charge in [-0.1, -0.05) is 0 Å². The topological polar surface area (TPSA) is 58.6 Å². The highest BCUT2D eigenvalue weighted by molar-refractivity contribution is 8.00. The largest absolute Gasteiger partial charge is 0.480 e. The van der Waals surface area contributed by atoms with Gasteiger partial charge in [-0.3, -0.25) is 10.1 Å². The van der Waals surface area contributed by atoms with Crippen LogP contribution in [0.5, 0.6) is 0 Å². The first-order valence-corrected chi connectivity index (χ1v) is 5.97. The first-order chi connectivity index (χ1) is 6.66. The molecule has 2 heterocycles. The van der Waals surface area contributed by atoms with Crippen LogP contribution >= 0.6 is 11.8 Å². The third-order valence-electron chi connectivity index (χ3n) is 2.71. The summed E-state index contributed by atoms with van der Waals surface area (Å²) >= 11 is 1.66. The van der Waals surface area contributed by atoms with Gasteiger partial charge in [0.1, 0.15) is 6.04 Å². The molecule has 4 atom stereocenters. The molecule has 2 saturated heterocycles. The maximum Gasteiger partial charge on any atom is 0.321 e. The van der Waals surface area contributed by atoms with E-state index in [1.165, 1.54) is 0 Å². The minimum Gasteiger partial charge on any atom is -0.480 e. The number of aliphatic carboxylic acids is 1. The van der Waals surface area contributed by atoms with Crippen LogP contribution in [0.3, 0.4) is 0 Å². The Hall–Kier alpha value is -0.260. The fourth-order valence-electron chi connectivity index (χ4n) is 1.91. The Kier molecular flexibility index (Phi) is 2.99. The van der Waals surface area contributed by atoms with E-state index in [0.29, 0.717) is 11.9 Å². The van der Waals surface area contributed by atoms with Gasteiger partial charge in [0.15, 0.2) is 0 Å². The molecule has 2 N–H and O–H groups in total. The van der Waals surface area contributed by atoms with E-state index in [4.69, 9.17) is 9.84 Å². The lowest BCUT2D eigenvalue weighted by Crippen LogP contribution is -2.41. The van der Waals surface area contributed by atoms with Gasteiger partial charge in [0.25, 0.3) is 0 Å². The van der Waals surface area contributed by atoms with E-state index in [0.717, 1.165) is 12.8 Å². The van der Waals surface area contributed by atoms with Gasteiger partial charge in [-0.25, -0.2) is 0 Å². The number of carboxylic acids is 1. The Labute approximate surface area is 87.4 Å². The Bertz CT molecular complexity index is 236. The Balaban J connectivity index is 1.86. The van der Waals surface area contributed by atoms with Gasteiger partial charge in [0.05, 0.1) is 17.6 Å². The van der Waals surface area contributed by atoms with Crippen LogP contribution in [0.1, 0.15) is 19.8 Å². The highest BCUT2D eigenvalue weighted by atomic mass is 32.2. The summed E-state index contributed by atoms with van der Waals surface area (Å²) in [7, 11) is 0. The predicted octanol–water partition coefficient (Wildman–Crippen LogP) is 0.670. The lowest BCUT2D eigenvalue weighted by molar-refractivity contribution is -0.138. The van der Waals surface area contributed by atoms with E-state index in [1.54, 1.807) is 11.8 Å². The van der Waals surface area contributed by atoms with Gasteiger partial charge in [-0.2, -0.15) is 0 Å². The molecule has 2 rings (SSSR count). The van der Waals surface area contributed by atoms with E-state index in [9.17, 15) is 4.79 Å². The van der Waals surface area contributed by atoms with Crippen molar-refractivity contribution >= 4 is 17.7 Å². The number of carboxylic acid groups (broad SMARTS) is 1. The Morgan fingerprint density at radius 3 is 2.86 bits per heavy atom. The number of nitrogens with one attached hydrogen (secondary N) is 1. The number of carbonyl (C=O) groups is 1. The molecular weight excluding hydrogens is 202 g/mol. The fourth-order valence-corrected chi connectivity index (χ4v) is 3.22. The monoisotopic (exact) mass is 217 g/mol. The van der Waals surface area contributed by atoms with Gasteiger partial charge >= 0.3 is 5.97 Å². The minimum absolute atomic E-state index is 0.168. The number of thioether (sulfide) groups is 1. The van der Waals surface area contributed by atoms with Gasteiger partial charge < -0.3 is 9.84 Å². The van der Waals surface area contributed by atoms with Crippen molar-refractivity contribution in [2.75, 3.05) is 5.75 Å². The lowest BCUT2D eigenvalue weighted by atomic mass is 10.2. The molecule has 2 aliphatic heterocycles. The van der Waals surface area contributed by atoms with Crippen LogP contribution in [-0.4, -0.2) is 40.5 Å². The van der Waals surface area contributed by atoms with Crippen molar-refractivity contribution in [1.29, 1.82) is 0 Å². The summed E-state index contributed by atoms with van der Waals surface area (Å²) in [5, 5.41) is 12.1. The molecule has 0 aromatic heterocycles. The maximum absolute atomic E-state index is 10.7. The zero-order chi connectivity index (χ0) is 10.1. The van der Waals surface area contributed by atoms with E-state index >= 15 is 0 Å². The van der Waals surface area contributed by atoms with Gasteiger partial charge in [0, 0.05) is 5.75 Å². The molecule has 80 valence electrons. The van der Waals surface area contributed by atoms with Gasteiger partial charge in [-0.05, 0) is 19.8 Å². The van der Waals surface area contributed by atoms with E-state index in [1.807, 2.05) is 0 Å². The van der Waals surface area contributed by atoms with Crippen LogP contribution in [0.25, 0.3) is 0 Å². The number of hydrogen-bond acceptors (Lipinski definition) is 4. The summed E-state index contributed by atoms with van der Waals surface area (Å²) in [6, 6.07) is -0.399. The van der Waals surface area contributed by atoms with Crippen molar-refractivity contribution in [3.05, 3.63) is 0 Å². The van der Waals surface area contributed by atoms with Crippen LogP contribution in [-0.2, 0) is 9.53 Å². The van der Waals surface area contributed by atoms with Crippen molar-refractivity contribution < 1.29 is 14.6 Å². The van der Waals surface area contributed by atoms with Crippen molar-refractivity contribution in [3.63, 3.8) is 0 Å². The van der Waals surface area contributed by atoms with Gasteiger partial charge in [0.2, 0.25) is 0 Å². The van der Waals surface area contributed by atoms with E-state index in [2.05, 4.69) is 12.2 Å². The van der Waals surface area contributed by atoms with Crippen molar-refractivity contribution in [2.24, 2.45) is 0 Å². The smallest absolute Gasteiger partial charge is 0.321 e. The SMILES string of the molecule is CC1CCC(C2NC(C(=O)O)CS2)O1. The average Bonchev–Trinajstić information content (AvgIpc) is 2.70. The molecule has 0 saturated carbocycles. The normalized spacial score (nSPS) is 42.9. The van der Waals surface area contributed by atoms with E-state index in [-0.39, 0.29) is 11.5 Å². The van der Waals surface area contributed by atoms with Crippen molar-refractivity contribution in [2.45, 2.75) is 43.4 Å².